The largest absolute Gasteiger partial charge is 0.476 e. The molecule has 4 nitrogen and oxygen atoms in total. The zero-order valence-electron chi connectivity index (χ0n) is 7.49. The van der Waals surface area contributed by atoms with Crippen molar-refractivity contribution in [1.29, 1.82) is 0 Å². The number of nitrogens with one attached hydrogen (secondary N) is 1. The van der Waals surface area contributed by atoms with Crippen molar-refractivity contribution in [2.45, 2.75) is 0 Å². The van der Waals surface area contributed by atoms with Crippen molar-refractivity contribution >= 4 is 6.29 Å². The van der Waals surface area contributed by atoms with E-state index in [-0.39, 0.29) is 0 Å². The number of hydrogen-bond donors (Lipinski definition) is 1. The first-order chi connectivity index (χ1) is 6.36. The molecule has 0 amide bonds. The van der Waals surface area contributed by atoms with Crippen LogP contribution in [0.15, 0.2) is 18.3 Å². The molecular formula is C9H12N2O2. The molecule has 0 spiro atoms. The summed E-state index contributed by atoms with van der Waals surface area (Å²) in [5.41, 5.74) is 0.556. The van der Waals surface area contributed by atoms with Gasteiger partial charge in [0.15, 0.2) is 6.29 Å². The molecule has 13 heavy (non-hydrogen) atoms. The average Bonchev–Trinajstić information content (AvgIpc) is 2.19. The summed E-state index contributed by atoms with van der Waals surface area (Å²) in [7, 11) is 1.85. The summed E-state index contributed by atoms with van der Waals surface area (Å²) in [6.07, 6.45) is 2.24. The van der Waals surface area contributed by atoms with E-state index in [9.17, 15) is 4.79 Å². The normalized spacial score (nSPS) is 9.62. The molecule has 1 rings (SSSR count). The Kier molecular flexibility index (Phi) is 3.92. The summed E-state index contributed by atoms with van der Waals surface area (Å²) < 4.78 is 5.26. The van der Waals surface area contributed by atoms with Gasteiger partial charge in [-0.05, 0) is 13.1 Å². The minimum Gasteiger partial charge on any atom is -0.476 e. The van der Waals surface area contributed by atoms with Gasteiger partial charge < -0.3 is 10.1 Å². The van der Waals surface area contributed by atoms with Crippen LogP contribution in [0.4, 0.5) is 0 Å². The van der Waals surface area contributed by atoms with Gasteiger partial charge in [0.05, 0.1) is 0 Å². The van der Waals surface area contributed by atoms with Gasteiger partial charge in [-0.3, -0.25) is 4.79 Å². The number of carbonyl (C=O) groups is 1. The molecule has 1 heterocycles. The Morgan fingerprint density at radius 3 is 3.00 bits per heavy atom. The molecule has 0 atom stereocenters. The first-order valence-electron chi connectivity index (χ1n) is 4.05. The zero-order chi connectivity index (χ0) is 9.52. The van der Waals surface area contributed by atoms with Crippen LogP contribution in [0.5, 0.6) is 5.88 Å². The molecule has 0 bridgehead atoms. The van der Waals surface area contributed by atoms with Crippen molar-refractivity contribution in [3.8, 4) is 5.88 Å². The summed E-state index contributed by atoms with van der Waals surface area (Å²) in [5, 5.41) is 2.95. The van der Waals surface area contributed by atoms with Crippen molar-refractivity contribution in [1.82, 2.24) is 10.3 Å². The maximum atomic E-state index is 10.3. The van der Waals surface area contributed by atoms with Crippen LogP contribution in [0.25, 0.3) is 0 Å². The van der Waals surface area contributed by atoms with Gasteiger partial charge in [-0.25, -0.2) is 4.98 Å². The number of ether oxygens (including phenoxy) is 1. The number of carbonyl (C=O) groups excluding carboxylic acids is 1. The SMILES string of the molecule is CNCCOc1ccc(C=O)cn1. The van der Waals surface area contributed by atoms with Crippen molar-refractivity contribution < 1.29 is 9.53 Å². The fourth-order valence-corrected chi connectivity index (χ4v) is 0.804. The molecule has 0 aromatic carbocycles. The van der Waals surface area contributed by atoms with Gasteiger partial charge in [0, 0.05) is 24.4 Å². The lowest BCUT2D eigenvalue weighted by molar-refractivity contribution is 0.112. The lowest BCUT2D eigenvalue weighted by Crippen LogP contribution is -2.16. The van der Waals surface area contributed by atoms with Gasteiger partial charge in [-0.15, -0.1) is 0 Å². The number of likely N-dealkylation sites (N-methyl/N-ethyl adjacent to an activating group) is 1. The molecule has 0 unspecified atom stereocenters. The Morgan fingerprint density at radius 1 is 1.62 bits per heavy atom. The van der Waals surface area contributed by atoms with E-state index in [0.717, 1.165) is 12.8 Å². The van der Waals surface area contributed by atoms with Crippen molar-refractivity contribution in [2.75, 3.05) is 20.2 Å². The molecule has 1 aromatic rings. The van der Waals surface area contributed by atoms with E-state index in [2.05, 4.69) is 10.3 Å². The molecule has 0 aliphatic rings. The average molecular weight is 180 g/mol. The second-order valence-corrected chi connectivity index (χ2v) is 2.50. The van der Waals surface area contributed by atoms with Crippen LogP contribution >= 0.6 is 0 Å². The van der Waals surface area contributed by atoms with Gasteiger partial charge in [0.2, 0.25) is 5.88 Å². The van der Waals surface area contributed by atoms with E-state index in [0.29, 0.717) is 18.1 Å². The third kappa shape index (κ3) is 3.21. The first kappa shape index (κ1) is 9.67. The molecule has 4 heteroatoms. The first-order valence-corrected chi connectivity index (χ1v) is 4.05. The molecule has 0 radical (unpaired) electrons. The topological polar surface area (TPSA) is 51.2 Å². The third-order valence-electron chi connectivity index (χ3n) is 1.50. The van der Waals surface area contributed by atoms with Crippen LogP contribution in [0.1, 0.15) is 10.4 Å². The molecule has 0 saturated heterocycles. The zero-order valence-corrected chi connectivity index (χ0v) is 7.49. The van der Waals surface area contributed by atoms with E-state index in [1.807, 2.05) is 7.05 Å². The molecule has 0 saturated carbocycles. The summed E-state index contributed by atoms with van der Waals surface area (Å²) in [5.74, 6) is 0.542. The van der Waals surface area contributed by atoms with E-state index < -0.39 is 0 Å². The minimum absolute atomic E-state index is 0.542. The molecule has 70 valence electrons. The number of nitrogens with zero attached hydrogens (tertiary/aromatic N) is 1. The lowest BCUT2D eigenvalue weighted by Gasteiger charge is -2.03. The summed E-state index contributed by atoms with van der Waals surface area (Å²) >= 11 is 0. The molecule has 0 fully saturated rings. The van der Waals surface area contributed by atoms with Crippen molar-refractivity contribution in [3.05, 3.63) is 23.9 Å². The van der Waals surface area contributed by atoms with E-state index in [4.69, 9.17) is 4.74 Å². The summed E-state index contributed by atoms with van der Waals surface area (Å²) in [4.78, 5) is 14.2. The number of aromatic nitrogens is 1. The maximum absolute atomic E-state index is 10.3. The van der Waals surface area contributed by atoms with E-state index in [1.54, 1.807) is 12.1 Å². The summed E-state index contributed by atoms with van der Waals surface area (Å²) in [6.45, 7) is 1.35. The Morgan fingerprint density at radius 2 is 2.46 bits per heavy atom. The highest BCUT2D eigenvalue weighted by Gasteiger charge is 1.94. The quantitative estimate of drug-likeness (QED) is 0.529. The molecule has 0 aliphatic carbocycles. The number of aldehydes is 1. The Labute approximate surface area is 76.9 Å². The summed E-state index contributed by atoms with van der Waals surface area (Å²) in [6, 6.07) is 3.36. The van der Waals surface area contributed by atoms with Crippen molar-refractivity contribution in [3.63, 3.8) is 0 Å². The second kappa shape index (κ2) is 5.27. The fourth-order valence-electron chi connectivity index (χ4n) is 0.804. The highest BCUT2D eigenvalue weighted by atomic mass is 16.5. The van der Waals surface area contributed by atoms with Crippen LogP contribution in [0.2, 0.25) is 0 Å². The molecule has 1 aromatic heterocycles. The highest BCUT2D eigenvalue weighted by Crippen LogP contribution is 2.05. The molecular weight excluding hydrogens is 168 g/mol. The monoisotopic (exact) mass is 180 g/mol. The predicted molar refractivity (Wildman–Crippen MR) is 49.0 cm³/mol. The number of hydrogen-bond acceptors (Lipinski definition) is 4. The third-order valence-corrected chi connectivity index (χ3v) is 1.50. The maximum Gasteiger partial charge on any atom is 0.213 e. The van der Waals surface area contributed by atoms with Crippen LogP contribution in [-0.4, -0.2) is 31.5 Å². The van der Waals surface area contributed by atoms with Gasteiger partial charge in [0.1, 0.15) is 6.61 Å². The Bertz CT molecular complexity index is 259. The number of pyridine rings is 1. The second-order valence-electron chi connectivity index (χ2n) is 2.50. The standard InChI is InChI=1S/C9H12N2O2/c1-10-4-5-13-9-3-2-8(7-12)6-11-9/h2-3,6-7,10H,4-5H2,1H3. The lowest BCUT2D eigenvalue weighted by atomic mass is 10.3. The Balaban J connectivity index is 2.44. The molecule has 1 N–H and O–H groups in total. The van der Waals surface area contributed by atoms with Crippen LogP contribution in [0.3, 0.4) is 0 Å². The van der Waals surface area contributed by atoms with Gasteiger partial charge in [-0.1, -0.05) is 0 Å². The fraction of sp³-hybridized carbons (Fsp3) is 0.333. The van der Waals surface area contributed by atoms with Crippen LogP contribution in [-0.2, 0) is 0 Å². The van der Waals surface area contributed by atoms with Crippen molar-refractivity contribution in [2.24, 2.45) is 0 Å². The van der Waals surface area contributed by atoms with Gasteiger partial charge in [0.25, 0.3) is 0 Å². The highest BCUT2D eigenvalue weighted by molar-refractivity contribution is 5.73. The molecule has 0 aliphatic heterocycles. The van der Waals surface area contributed by atoms with Crippen LogP contribution in [0, 0.1) is 0 Å². The van der Waals surface area contributed by atoms with E-state index >= 15 is 0 Å². The smallest absolute Gasteiger partial charge is 0.213 e. The Hall–Kier alpha value is -1.42. The predicted octanol–water partition coefficient (Wildman–Crippen LogP) is 0.492. The van der Waals surface area contributed by atoms with E-state index in [1.165, 1.54) is 6.20 Å². The van der Waals surface area contributed by atoms with Gasteiger partial charge >= 0.3 is 0 Å². The minimum atomic E-state index is 0.542. The van der Waals surface area contributed by atoms with Gasteiger partial charge in [-0.2, -0.15) is 0 Å². The van der Waals surface area contributed by atoms with Crippen LogP contribution < -0.4 is 10.1 Å². The number of rotatable bonds is 5.